The van der Waals surface area contributed by atoms with Gasteiger partial charge in [0.15, 0.2) is 0 Å². The summed E-state index contributed by atoms with van der Waals surface area (Å²) in [5.74, 6) is 0. The highest BCUT2D eigenvalue weighted by molar-refractivity contribution is 5.80. The average molecular weight is 273 g/mol. The van der Waals surface area contributed by atoms with Crippen LogP contribution in [0.25, 0.3) is 11.0 Å². The minimum Gasteiger partial charge on any atom is -0.423 e. The van der Waals surface area contributed by atoms with Gasteiger partial charge in [0.25, 0.3) is 0 Å². The van der Waals surface area contributed by atoms with Crippen molar-refractivity contribution in [2.45, 2.75) is 32.4 Å². The smallest absolute Gasteiger partial charge is 0.336 e. The molecular weight excluding hydrogens is 254 g/mol. The molecular formula is C16H19NO3. The van der Waals surface area contributed by atoms with Gasteiger partial charge >= 0.3 is 5.63 Å². The van der Waals surface area contributed by atoms with Gasteiger partial charge < -0.3 is 9.52 Å². The molecule has 0 spiro atoms. The van der Waals surface area contributed by atoms with Gasteiger partial charge in [0.2, 0.25) is 0 Å². The fourth-order valence-corrected chi connectivity index (χ4v) is 2.88. The summed E-state index contributed by atoms with van der Waals surface area (Å²) in [6.45, 7) is 5.99. The number of nitrogens with zero attached hydrogens (tertiary/aromatic N) is 1. The number of hydrogen-bond acceptors (Lipinski definition) is 4. The maximum Gasteiger partial charge on any atom is 0.336 e. The summed E-state index contributed by atoms with van der Waals surface area (Å²) in [7, 11) is 0. The van der Waals surface area contributed by atoms with Crippen molar-refractivity contribution in [2.24, 2.45) is 0 Å². The number of fused-ring (bicyclic) bond motifs is 1. The lowest BCUT2D eigenvalue weighted by atomic mass is 10.1. The molecule has 1 aliphatic heterocycles. The second kappa shape index (κ2) is 4.72. The van der Waals surface area contributed by atoms with Crippen LogP contribution in [0.3, 0.4) is 0 Å². The van der Waals surface area contributed by atoms with Gasteiger partial charge in [0, 0.05) is 31.1 Å². The minimum atomic E-state index is -0.619. The normalized spacial score (nSPS) is 23.6. The van der Waals surface area contributed by atoms with Crippen molar-refractivity contribution in [2.75, 3.05) is 13.1 Å². The van der Waals surface area contributed by atoms with E-state index in [0.29, 0.717) is 18.7 Å². The van der Waals surface area contributed by atoms with E-state index in [9.17, 15) is 9.90 Å². The van der Waals surface area contributed by atoms with Crippen molar-refractivity contribution in [3.8, 4) is 0 Å². The summed E-state index contributed by atoms with van der Waals surface area (Å²) in [6.07, 6.45) is 0.769. The van der Waals surface area contributed by atoms with E-state index < -0.39 is 5.60 Å². The van der Waals surface area contributed by atoms with Gasteiger partial charge in [-0.3, -0.25) is 4.90 Å². The van der Waals surface area contributed by atoms with E-state index >= 15 is 0 Å². The summed E-state index contributed by atoms with van der Waals surface area (Å²) in [5, 5.41) is 11.0. The number of likely N-dealkylation sites (tertiary alicyclic amines) is 1. The van der Waals surface area contributed by atoms with Crippen LogP contribution in [0.2, 0.25) is 0 Å². The zero-order valence-electron chi connectivity index (χ0n) is 11.8. The Kier molecular flexibility index (Phi) is 3.15. The predicted octanol–water partition coefficient (Wildman–Crippen LogP) is 2.06. The van der Waals surface area contributed by atoms with E-state index in [2.05, 4.69) is 4.90 Å². The fraction of sp³-hybridized carbons (Fsp3) is 0.438. The Morgan fingerprint density at radius 2 is 2.20 bits per heavy atom. The third-order valence-corrected chi connectivity index (χ3v) is 3.91. The largest absolute Gasteiger partial charge is 0.423 e. The maximum absolute atomic E-state index is 11.7. The van der Waals surface area contributed by atoms with Crippen LogP contribution in [0.4, 0.5) is 0 Å². The van der Waals surface area contributed by atoms with E-state index in [0.717, 1.165) is 29.5 Å². The first-order valence-electron chi connectivity index (χ1n) is 6.91. The summed E-state index contributed by atoms with van der Waals surface area (Å²) >= 11 is 0. The van der Waals surface area contributed by atoms with Crippen molar-refractivity contribution in [3.63, 3.8) is 0 Å². The van der Waals surface area contributed by atoms with E-state index in [1.54, 1.807) is 6.07 Å². The van der Waals surface area contributed by atoms with Gasteiger partial charge in [-0.25, -0.2) is 4.79 Å². The number of rotatable bonds is 2. The van der Waals surface area contributed by atoms with Gasteiger partial charge in [-0.15, -0.1) is 0 Å². The molecule has 1 aromatic heterocycles. The summed E-state index contributed by atoms with van der Waals surface area (Å²) in [6, 6.07) is 7.47. The Morgan fingerprint density at radius 1 is 1.40 bits per heavy atom. The van der Waals surface area contributed by atoms with Crippen LogP contribution in [0.1, 0.15) is 24.5 Å². The van der Waals surface area contributed by atoms with Crippen LogP contribution in [-0.4, -0.2) is 28.7 Å². The lowest BCUT2D eigenvalue weighted by Gasteiger charge is -2.19. The highest BCUT2D eigenvalue weighted by Gasteiger charge is 2.31. The van der Waals surface area contributed by atoms with Gasteiger partial charge in [-0.2, -0.15) is 0 Å². The molecule has 2 aromatic rings. The summed E-state index contributed by atoms with van der Waals surface area (Å²) < 4.78 is 5.27. The van der Waals surface area contributed by atoms with E-state index in [1.807, 2.05) is 32.0 Å². The Bertz CT molecular complexity index is 702. The molecule has 2 heterocycles. The average Bonchev–Trinajstić information content (AvgIpc) is 2.67. The first-order valence-corrected chi connectivity index (χ1v) is 6.91. The number of aliphatic hydroxyl groups is 1. The summed E-state index contributed by atoms with van der Waals surface area (Å²) in [5.41, 5.74) is 1.74. The molecule has 106 valence electrons. The molecule has 4 nitrogen and oxygen atoms in total. The van der Waals surface area contributed by atoms with E-state index in [4.69, 9.17) is 4.42 Å². The van der Waals surface area contributed by atoms with Crippen molar-refractivity contribution >= 4 is 11.0 Å². The monoisotopic (exact) mass is 273 g/mol. The molecule has 1 unspecified atom stereocenters. The Balaban J connectivity index is 1.97. The van der Waals surface area contributed by atoms with Crippen LogP contribution < -0.4 is 5.63 Å². The first kappa shape index (κ1) is 13.3. The molecule has 3 rings (SSSR count). The highest BCUT2D eigenvalue weighted by atomic mass is 16.4. The Labute approximate surface area is 117 Å². The molecule has 1 fully saturated rings. The first-order chi connectivity index (χ1) is 9.43. The Morgan fingerprint density at radius 3 is 2.90 bits per heavy atom. The molecule has 0 bridgehead atoms. The Hall–Kier alpha value is -1.65. The molecule has 4 heteroatoms. The van der Waals surface area contributed by atoms with Gasteiger partial charge in [0.05, 0.1) is 5.60 Å². The topological polar surface area (TPSA) is 53.7 Å². The molecule has 0 aliphatic carbocycles. The van der Waals surface area contributed by atoms with Crippen molar-refractivity contribution in [3.05, 3.63) is 45.8 Å². The fourth-order valence-electron chi connectivity index (χ4n) is 2.88. The molecule has 0 saturated carbocycles. The lowest BCUT2D eigenvalue weighted by Crippen LogP contribution is -2.29. The van der Waals surface area contributed by atoms with E-state index in [-0.39, 0.29) is 5.63 Å². The molecule has 0 radical (unpaired) electrons. The molecule has 1 aliphatic rings. The summed E-state index contributed by atoms with van der Waals surface area (Å²) in [4.78, 5) is 13.9. The SMILES string of the molecule is Cc1ccc2c(CN3CCC(C)(O)C3)cc(=O)oc2c1. The predicted molar refractivity (Wildman–Crippen MR) is 77.7 cm³/mol. The van der Waals surface area contributed by atoms with Crippen LogP contribution >= 0.6 is 0 Å². The van der Waals surface area contributed by atoms with Crippen LogP contribution in [0.15, 0.2) is 33.5 Å². The second-order valence-electron chi connectivity index (χ2n) is 6.05. The highest BCUT2D eigenvalue weighted by Crippen LogP contribution is 2.25. The van der Waals surface area contributed by atoms with Crippen molar-refractivity contribution in [1.29, 1.82) is 0 Å². The molecule has 0 amide bonds. The van der Waals surface area contributed by atoms with Crippen molar-refractivity contribution < 1.29 is 9.52 Å². The van der Waals surface area contributed by atoms with Gasteiger partial charge in [-0.05, 0) is 37.5 Å². The van der Waals surface area contributed by atoms with Crippen molar-refractivity contribution in [1.82, 2.24) is 4.90 Å². The molecule has 1 atom stereocenters. The number of β-amino-alcohol motifs (C(OH)–C–C–N with tert-alkyl or cyclic N) is 1. The third kappa shape index (κ3) is 2.62. The zero-order valence-corrected chi connectivity index (χ0v) is 11.8. The number of hydrogen-bond donors (Lipinski definition) is 1. The molecule has 20 heavy (non-hydrogen) atoms. The van der Waals surface area contributed by atoms with Crippen LogP contribution in [0, 0.1) is 6.92 Å². The molecule has 1 saturated heterocycles. The number of benzene rings is 1. The quantitative estimate of drug-likeness (QED) is 0.851. The van der Waals surface area contributed by atoms with Gasteiger partial charge in [0.1, 0.15) is 5.58 Å². The standard InChI is InChI=1S/C16H19NO3/c1-11-3-4-13-12(8-15(18)20-14(13)7-11)9-17-6-5-16(2,19)10-17/h3-4,7-8,19H,5-6,9-10H2,1-2H3. The second-order valence-corrected chi connectivity index (χ2v) is 6.05. The zero-order chi connectivity index (χ0) is 14.3. The maximum atomic E-state index is 11.7. The van der Waals surface area contributed by atoms with Crippen LogP contribution in [0.5, 0.6) is 0 Å². The molecule has 1 aromatic carbocycles. The van der Waals surface area contributed by atoms with Gasteiger partial charge in [-0.1, -0.05) is 12.1 Å². The third-order valence-electron chi connectivity index (χ3n) is 3.91. The minimum absolute atomic E-state index is 0.316. The lowest BCUT2D eigenvalue weighted by molar-refractivity contribution is 0.0679. The van der Waals surface area contributed by atoms with E-state index in [1.165, 1.54) is 0 Å². The number of aryl methyl sites for hydroxylation is 1. The van der Waals surface area contributed by atoms with Crippen LogP contribution in [-0.2, 0) is 6.54 Å². The molecule has 1 N–H and O–H groups in total.